The van der Waals surface area contributed by atoms with Crippen LogP contribution < -0.4 is 4.74 Å². The predicted molar refractivity (Wildman–Crippen MR) is 56.1 cm³/mol. The Bertz CT molecular complexity index is 487. The van der Waals surface area contributed by atoms with Crippen LogP contribution in [0.3, 0.4) is 0 Å². The third-order valence-corrected chi connectivity index (χ3v) is 2.44. The zero-order valence-electron chi connectivity index (χ0n) is 7.29. The molecule has 1 aromatic heterocycles. The highest BCUT2D eigenvalue weighted by Crippen LogP contribution is 2.32. The molecule has 0 aliphatic heterocycles. The van der Waals surface area contributed by atoms with Gasteiger partial charge in [-0.05, 0) is 6.07 Å². The molecule has 0 saturated carbocycles. The highest BCUT2D eigenvalue weighted by Gasteiger charge is 2.10. The van der Waals surface area contributed by atoms with Gasteiger partial charge in [-0.25, -0.2) is 0 Å². The number of methoxy groups -OCH3 is 1. The van der Waals surface area contributed by atoms with Crippen LogP contribution in [0.15, 0.2) is 18.2 Å². The molecule has 0 amide bonds. The van der Waals surface area contributed by atoms with Gasteiger partial charge in [-0.2, -0.15) is 0 Å². The summed E-state index contributed by atoms with van der Waals surface area (Å²) in [5, 5.41) is 9.48. The van der Waals surface area contributed by atoms with Crippen molar-refractivity contribution < 1.29 is 4.74 Å². The Morgan fingerprint density at radius 3 is 2.57 bits per heavy atom. The van der Waals surface area contributed by atoms with Crippen LogP contribution in [0.1, 0.15) is 0 Å². The lowest BCUT2D eigenvalue weighted by Crippen LogP contribution is -1.90. The molecule has 0 N–H and O–H groups in total. The third-order valence-electron chi connectivity index (χ3n) is 1.90. The summed E-state index contributed by atoms with van der Waals surface area (Å²) in [6.45, 7) is 0. The van der Waals surface area contributed by atoms with Crippen molar-refractivity contribution in [3.63, 3.8) is 0 Å². The van der Waals surface area contributed by atoms with Crippen LogP contribution in [0, 0.1) is 0 Å². The maximum atomic E-state index is 5.90. The number of hydrogen-bond donors (Lipinski definition) is 0. The molecule has 1 aromatic carbocycles. The molecule has 3 nitrogen and oxygen atoms in total. The summed E-state index contributed by atoms with van der Waals surface area (Å²) in [6.07, 6.45) is 0. The summed E-state index contributed by atoms with van der Waals surface area (Å²) >= 11 is 11.8. The minimum Gasteiger partial charge on any atom is -0.496 e. The second kappa shape index (κ2) is 3.59. The Kier molecular flexibility index (Phi) is 2.44. The zero-order valence-corrected chi connectivity index (χ0v) is 8.80. The molecular formula is C9H6Cl2N2O. The van der Waals surface area contributed by atoms with Gasteiger partial charge in [-0.15, -0.1) is 10.2 Å². The number of aromatic nitrogens is 2. The number of hydrogen-bond acceptors (Lipinski definition) is 3. The lowest BCUT2D eigenvalue weighted by Gasteiger charge is -2.05. The topological polar surface area (TPSA) is 35.0 Å². The van der Waals surface area contributed by atoms with E-state index in [1.807, 2.05) is 12.1 Å². The van der Waals surface area contributed by atoms with Gasteiger partial charge in [0.05, 0.1) is 12.5 Å². The van der Waals surface area contributed by atoms with Crippen molar-refractivity contribution >= 4 is 34.0 Å². The second-order valence-electron chi connectivity index (χ2n) is 2.66. The van der Waals surface area contributed by atoms with E-state index in [4.69, 9.17) is 27.9 Å². The van der Waals surface area contributed by atoms with E-state index in [9.17, 15) is 0 Å². The van der Waals surface area contributed by atoms with Crippen LogP contribution in [0.4, 0.5) is 0 Å². The van der Waals surface area contributed by atoms with Gasteiger partial charge >= 0.3 is 0 Å². The molecule has 0 atom stereocenters. The quantitative estimate of drug-likeness (QED) is 0.753. The van der Waals surface area contributed by atoms with Gasteiger partial charge in [0.25, 0.3) is 0 Å². The monoisotopic (exact) mass is 228 g/mol. The SMILES string of the molecule is COc1cccc2c(Cl)nnc(Cl)c12. The first-order valence-corrected chi connectivity index (χ1v) is 4.64. The fourth-order valence-electron chi connectivity index (χ4n) is 1.28. The molecule has 0 aliphatic rings. The first kappa shape index (κ1) is 9.49. The van der Waals surface area contributed by atoms with Crippen LogP contribution in [0.5, 0.6) is 5.75 Å². The summed E-state index contributed by atoms with van der Waals surface area (Å²) in [5.41, 5.74) is 0. The fourth-order valence-corrected chi connectivity index (χ4v) is 1.71. The second-order valence-corrected chi connectivity index (χ2v) is 3.38. The Hall–Kier alpha value is -1.06. The lowest BCUT2D eigenvalue weighted by atomic mass is 10.2. The van der Waals surface area contributed by atoms with Crippen molar-refractivity contribution in [2.75, 3.05) is 7.11 Å². The van der Waals surface area contributed by atoms with E-state index in [0.717, 1.165) is 5.39 Å². The molecule has 2 aromatic rings. The smallest absolute Gasteiger partial charge is 0.163 e. The summed E-state index contributed by atoms with van der Waals surface area (Å²) in [7, 11) is 1.57. The molecule has 0 radical (unpaired) electrons. The number of benzene rings is 1. The molecule has 0 aliphatic carbocycles. The van der Waals surface area contributed by atoms with Crippen LogP contribution in [0.25, 0.3) is 10.8 Å². The molecule has 0 unspecified atom stereocenters. The van der Waals surface area contributed by atoms with Crippen LogP contribution >= 0.6 is 23.2 Å². The number of ether oxygens (including phenoxy) is 1. The van der Waals surface area contributed by atoms with Gasteiger partial charge in [-0.3, -0.25) is 0 Å². The highest BCUT2D eigenvalue weighted by atomic mass is 35.5. The fraction of sp³-hybridized carbons (Fsp3) is 0.111. The van der Waals surface area contributed by atoms with E-state index in [1.165, 1.54) is 0 Å². The molecule has 0 fully saturated rings. The summed E-state index contributed by atoms with van der Waals surface area (Å²) < 4.78 is 5.15. The van der Waals surface area contributed by atoms with Crippen molar-refractivity contribution in [3.8, 4) is 5.75 Å². The molecule has 14 heavy (non-hydrogen) atoms. The summed E-state index contributed by atoms with van der Waals surface area (Å²) in [5.74, 6) is 0.643. The number of rotatable bonds is 1. The molecule has 2 rings (SSSR count). The molecule has 0 bridgehead atoms. The lowest BCUT2D eigenvalue weighted by molar-refractivity contribution is 0.419. The van der Waals surface area contributed by atoms with E-state index in [0.29, 0.717) is 21.4 Å². The minimum absolute atomic E-state index is 0.293. The van der Waals surface area contributed by atoms with Crippen molar-refractivity contribution in [3.05, 3.63) is 28.5 Å². The van der Waals surface area contributed by atoms with Gasteiger partial charge in [-0.1, -0.05) is 35.3 Å². The first-order valence-electron chi connectivity index (χ1n) is 3.88. The predicted octanol–water partition coefficient (Wildman–Crippen LogP) is 2.95. The molecule has 5 heteroatoms. The van der Waals surface area contributed by atoms with Crippen molar-refractivity contribution in [1.82, 2.24) is 10.2 Å². The summed E-state index contributed by atoms with van der Waals surface area (Å²) in [6, 6.07) is 5.44. The average molecular weight is 229 g/mol. The maximum Gasteiger partial charge on any atom is 0.163 e. The van der Waals surface area contributed by atoms with Crippen LogP contribution in [-0.4, -0.2) is 17.3 Å². The van der Waals surface area contributed by atoms with Crippen molar-refractivity contribution in [2.45, 2.75) is 0 Å². The van der Waals surface area contributed by atoms with Gasteiger partial charge in [0, 0.05) is 5.39 Å². The number of halogens is 2. The molecule has 0 saturated heterocycles. The van der Waals surface area contributed by atoms with Gasteiger partial charge in [0.15, 0.2) is 10.3 Å². The van der Waals surface area contributed by atoms with Crippen molar-refractivity contribution in [1.29, 1.82) is 0 Å². The van der Waals surface area contributed by atoms with Crippen LogP contribution in [0.2, 0.25) is 10.3 Å². The van der Waals surface area contributed by atoms with Gasteiger partial charge in [0.1, 0.15) is 5.75 Å². The Morgan fingerprint density at radius 2 is 1.86 bits per heavy atom. The van der Waals surface area contributed by atoms with Crippen LogP contribution in [-0.2, 0) is 0 Å². The molecule has 72 valence electrons. The Labute approximate surface area is 90.6 Å². The number of fused-ring (bicyclic) bond motifs is 1. The first-order chi connectivity index (χ1) is 6.74. The Morgan fingerprint density at radius 1 is 1.14 bits per heavy atom. The molecule has 1 heterocycles. The van der Waals surface area contributed by atoms with E-state index in [-0.39, 0.29) is 0 Å². The highest BCUT2D eigenvalue weighted by molar-refractivity contribution is 6.38. The molecular weight excluding hydrogens is 223 g/mol. The third kappa shape index (κ3) is 1.38. The zero-order chi connectivity index (χ0) is 10.1. The number of nitrogens with zero attached hydrogens (tertiary/aromatic N) is 2. The minimum atomic E-state index is 0.293. The van der Waals surface area contributed by atoms with E-state index >= 15 is 0 Å². The standard InChI is InChI=1S/C9H6Cl2N2O/c1-14-6-4-2-3-5-7(6)9(11)13-12-8(5)10/h2-4H,1H3. The normalized spacial score (nSPS) is 10.5. The molecule has 0 spiro atoms. The van der Waals surface area contributed by atoms with Gasteiger partial charge < -0.3 is 4.74 Å². The van der Waals surface area contributed by atoms with E-state index in [1.54, 1.807) is 13.2 Å². The van der Waals surface area contributed by atoms with E-state index < -0.39 is 0 Å². The van der Waals surface area contributed by atoms with Gasteiger partial charge in [0.2, 0.25) is 0 Å². The summed E-state index contributed by atoms with van der Waals surface area (Å²) in [4.78, 5) is 0. The van der Waals surface area contributed by atoms with E-state index in [2.05, 4.69) is 10.2 Å². The van der Waals surface area contributed by atoms with Crippen molar-refractivity contribution in [2.24, 2.45) is 0 Å². The average Bonchev–Trinajstić information content (AvgIpc) is 2.23. The largest absolute Gasteiger partial charge is 0.496 e. The maximum absolute atomic E-state index is 5.90. The Balaban J connectivity index is 2.92.